The highest BCUT2D eigenvalue weighted by molar-refractivity contribution is 5.66. The Morgan fingerprint density at radius 2 is 1.12 bits per heavy atom. The van der Waals surface area contributed by atoms with E-state index in [2.05, 4.69) is 112 Å². The zero-order chi connectivity index (χ0) is 21.6. The average Bonchev–Trinajstić information content (AvgIpc) is 3.31. The Labute approximate surface area is 189 Å². The maximum Gasteiger partial charge on any atom is 0.0951 e. The molecule has 0 bridgehead atoms. The Balaban J connectivity index is 1.22. The molecule has 0 aliphatic carbocycles. The lowest BCUT2D eigenvalue weighted by molar-refractivity contribution is 0.749. The van der Waals surface area contributed by atoms with Gasteiger partial charge in [0.05, 0.1) is 18.6 Å². The highest BCUT2D eigenvalue weighted by atomic mass is 15.1. The third-order valence-corrected chi connectivity index (χ3v) is 5.68. The van der Waals surface area contributed by atoms with E-state index in [0.717, 1.165) is 24.5 Å². The van der Waals surface area contributed by atoms with Crippen molar-refractivity contribution >= 4 is 5.69 Å². The van der Waals surface area contributed by atoms with Crippen LogP contribution in [-0.4, -0.2) is 9.55 Å². The lowest BCUT2D eigenvalue weighted by Gasteiger charge is -2.11. The van der Waals surface area contributed by atoms with Crippen molar-refractivity contribution in [3.8, 4) is 22.3 Å². The summed E-state index contributed by atoms with van der Waals surface area (Å²) in [5.74, 6) is 0. The van der Waals surface area contributed by atoms with E-state index in [1.807, 2.05) is 24.7 Å². The average molecular weight is 416 g/mol. The molecule has 32 heavy (non-hydrogen) atoms. The van der Waals surface area contributed by atoms with Crippen LogP contribution in [-0.2, 0) is 13.1 Å². The number of nitrogens with one attached hydrogen (secondary N) is 1. The van der Waals surface area contributed by atoms with Crippen molar-refractivity contribution < 1.29 is 0 Å². The second kappa shape index (κ2) is 9.36. The molecule has 3 nitrogen and oxygen atoms in total. The first-order valence-electron chi connectivity index (χ1n) is 10.9. The fourth-order valence-electron chi connectivity index (χ4n) is 3.87. The molecule has 5 aromatic rings. The molecule has 1 aromatic heterocycles. The SMILES string of the molecule is c1ccc(-c2ccc(Cn3cncc3CNc3ccc(-c4ccccc4)cc3)cc2)cc1. The van der Waals surface area contributed by atoms with E-state index in [4.69, 9.17) is 0 Å². The van der Waals surface area contributed by atoms with E-state index in [-0.39, 0.29) is 0 Å². The number of imidazole rings is 1. The summed E-state index contributed by atoms with van der Waals surface area (Å²) in [5, 5.41) is 3.52. The van der Waals surface area contributed by atoms with Crippen LogP contribution in [0.15, 0.2) is 122 Å². The van der Waals surface area contributed by atoms with Crippen LogP contribution in [0.25, 0.3) is 22.3 Å². The van der Waals surface area contributed by atoms with Gasteiger partial charge in [0.1, 0.15) is 0 Å². The number of rotatable bonds is 7. The van der Waals surface area contributed by atoms with Crippen LogP contribution in [0.4, 0.5) is 5.69 Å². The zero-order valence-electron chi connectivity index (χ0n) is 17.9. The van der Waals surface area contributed by atoms with Crippen LogP contribution in [0.2, 0.25) is 0 Å². The minimum Gasteiger partial charge on any atom is -0.379 e. The van der Waals surface area contributed by atoms with Crippen LogP contribution in [0.1, 0.15) is 11.3 Å². The number of benzene rings is 4. The van der Waals surface area contributed by atoms with E-state index in [1.54, 1.807) is 0 Å². The number of anilines is 1. The van der Waals surface area contributed by atoms with Gasteiger partial charge in [-0.2, -0.15) is 0 Å². The standard InChI is InChI=1S/C29H25N3/c1-3-7-24(8-4-1)26-13-11-23(12-14-26)21-32-22-30-19-29(32)20-31-28-17-15-27(16-18-28)25-9-5-2-6-10-25/h1-19,22,31H,20-21H2. The quantitative estimate of drug-likeness (QED) is 0.314. The molecule has 3 heteroatoms. The molecule has 5 rings (SSSR count). The largest absolute Gasteiger partial charge is 0.379 e. The fourth-order valence-corrected chi connectivity index (χ4v) is 3.87. The third kappa shape index (κ3) is 4.62. The smallest absolute Gasteiger partial charge is 0.0951 e. The van der Waals surface area contributed by atoms with Gasteiger partial charge in [0.25, 0.3) is 0 Å². The van der Waals surface area contributed by atoms with Gasteiger partial charge in [0.15, 0.2) is 0 Å². The summed E-state index contributed by atoms with van der Waals surface area (Å²) in [4.78, 5) is 4.37. The molecule has 0 aliphatic heterocycles. The van der Waals surface area contributed by atoms with E-state index in [1.165, 1.54) is 27.8 Å². The summed E-state index contributed by atoms with van der Waals surface area (Å²) >= 11 is 0. The number of aromatic nitrogens is 2. The monoisotopic (exact) mass is 415 g/mol. The molecule has 0 atom stereocenters. The van der Waals surface area contributed by atoms with Crippen LogP contribution >= 0.6 is 0 Å². The van der Waals surface area contributed by atoms with Gasteiger partial charge < -0.3 is 9.88 Å². The van der Waals surface area contributed by atoms with E-state index in [9.17, 15) is 0 Å². The summed E-state index contributed by atoms with van der Waals surface area (Å²) in [6.07, 6.45) is 3.84. The van der Waals surface area contributed by atoms with Crippen molar-refractivity contribution in [2.45, 2.75) is 13.1 Å². The van der Waals surface area contributed by atoms with Crippen molar-refractivity contribution in [2.75, 3.05) is 5.32 Å². The van der Waals surface area contributed by atoms with Gasteiger partial charge in [-0.3, -0.25) is 0 Å². The van der Waals surface area contributed by atoms with Crippen molar-refractivity contribution in [1.29, 1.82) is 0 Å². The van der Waals surface area contributed by atoms with E-state index >= 15 is 0 Å². The van der Waals surface area contributed by atoms with Crippen LogP contribution in [0.5, 0.6) is 0 Å². The molecule has 0 unspecified atom stereocenters. The number of nitrogens with zero attached hydrogens (tertiary/aromatic N) is 2. The van der Waals surface area contributed by atoms with Gasteiger partial charge >= 0.3 is 0 Å². The first-order valence-corrected chi connectivity index (χ1v) is 10.9. The summed E-state index contributed by atoms with van der Waals surface area (Å²) < 4.78 is 2.20. The van der Waals surface area contributed by atoms with Gasteiger partial charge in [-0.25, -0.2) is 4.98 Å². The first-order chi connectivity index (χ1) is 15.8. The van der Waals surface area contributed by atoms with Gasteiger partial charge in [0, 0.05) is 18.4 Å². The first kappa shape index (κ1) is 19.8. The van der Waals surface area contributed by atoms with E-state index < -0.39 is 0 Å². The summed E-state index contributed by atoms with van der Waals surface area (Å²) in [6, 6.07) is 38.3. The van der Waals surface area contributed by atoms with Crippen molar-refractivity contribution in [2.24, 2.45) is 0 Å². The van der Waals surface area contributed by atoms with Gasteiger partial charge in [-0.1, -0.05) is 97.1 Å². The molecule has 0 spiro atoms. The molecule has 0 saturated heterocycles. The Kier molecular flexibility index (Phi) is 5.80. The fraction of sp³-hybridized carbons (Fsp3) is 0.0690. The van der Waals surface area contributed by atoms with Crippen molar-refractivity contribution in [3.05, 3.63) is 133 Å². The summed E-state index contributed by atoms with van der Waals surface area (Å²) in [5.41, 5.74) is 8.45. The third-order valence-electron chi connectivity index (χ3n) is 5.68. The molecule has 0 radical (unpaired) electrons. The Morgan fingerprint density at radius 1 is 0.594 bits per heavy atom. The van der Waals surface area contributed by atoms with Crippen molar-refractivity contribution in [3.63, 3.8) is 0 Å². The minimum absolute atomic E-state index is 0.729. The molecular formula is C29H25N3. The number of hydrogen-bond donors (Lipinski definition) is 1. The molecule has 1 N–H and O–H groups in total. The maximum atomic E-state index is 4.37. The molecule has 0 amide bonds. The maximum absolute atomic E-state index is 4.37. The van der Waals surface area contributed by atoms with Crippen molar-refractivity contribution in [1.82, 2.24) is 9.55 Å². The van der Waals surface area contributed by atoms with Crippen LogP contribution < -0.4 is 5.32 Å². The van der Waals surface area contributed by atoms with Gasteiger partial charge in [-0.15, -0.1) is 0 Å². The van der Waals surface area contributed by atoms with Crippen LogP contribution in [0, 0.1) is 0 Å². The zero-order valence-corrected chi connectivity index (χ0v) is 17.9. The predicted octanol–water partition coefficient (Wildman–Crippen LogP) is 6.88. The molecule has 1 heterocycles. The lowest BCUT2D eigenvalue weighted by atomic mass is 10.0. The molecule has 4 aromatic carbocycles. The topological polar surface area (TPSA) is 29.9 Å². The summed E-state index contributed by atoms with van der Waals surface area (Å²) in [6.45, 7) is 1.53. The van der Waals surface area contributed by atoms with E-state index in [0.29, 0.717) is 0 Å². The highest BCUT2D eigenvalue weighted by Gasteiger charge is 2.05. The normalized spacial score (nSPS) is 10.8. The van der Waals surface area contributed by atoms with Gasteiger partial charge in [0.2, 0.25) is 0 Å². The van der Waals surface area contributed by atoms with Crippen LogP contribution in [0.3, 0.4) is 0 Å². The van der Waals surface area contributed by atoms with Gasteiger partial charge in [-0.05, 0) is 39.9 Å². The highest BCUT2D eigenvalue weighted by Crippen LogP contribution is 2.22. The lowest BCUT2D eigenvalue weighted by Crippen LogP contribution is -2.08. The predicted molar refractivity (Wildman–Crippen MR) is 132 cm³/mol. The minimum atomic E-state index is 0.729. The number of hydrogen-bond acceptors (Lipinski definition) is 2. The Morgan fingerprint density at radius 3 is 1.72 bits per heavy atom. The molecular weight excluding hydrogens is 390 g/mol. The molecule has 0 fully saturated rings. The second-order valence-corrected chi connectivity index (χ2v) is 7.87. The Bertz CT molecular complexity index is 1260. The molecule has 156 valence electrons. The Hall–Kier alpha value is -4.11. The second-order valence-electron chi connectivity index (χ2n) is 7.87. The summed E-state index contributed by atoms with van der Waals surface area (Å²) in [7, 11) is 0. The molecule has 0 aliphatic rings. The molecule has 0 saturated carbocycles.